The highest BCUT2D eigenvalue weighted by atomic mass is 16.5. The van der Waals surface area contributed by atoms with Crippen LogP contribution in [0.4, 0.5) is 0 Å². The van der Waals surface area contributed by atoms with Crippen LogP contribution < -0.4 is 14.2 Å². The maximum Gasteiger partial charge on any atom is 0.160 e. The monoisotopic (exact) mass is 373 g/mol. The summed E-state index contributed by atoms with van der Waals surface area (Å²) in [5.74, 6) is -1.42. The minimum Gasteiger partial charge on any atom is -0.493 e. The van der Waals surface area contributed by atoms with Crippen molar-refractivity contribution in [2.45, 2.75) is 45.5 Å². The number of aliphatic hydroxyl groups is 1. The van der Waals surface area contributed by atoms with Gasteiger partial charge in [0.05, 0.1) is 32.6 Å². The average Bonchev–Trinajstić information content (AvgIpc) is 2.82. The Bertz CT molecular complexity index is 1260. The molecule has 0 aromatic heterocycles. The highest BCUT2D eigenvalue weighted by Crippen LogP contribution is 2.28. The Balaban J connectivity index is 2.47. The number of aryl methyl sites for hydroxylation is 1. The van der Waals surface area contributed by atoms with Crippen LogP contribution in [0.5, 0.6) is 17.2 Å². The first kappa shape index (κ1) is 7.81. The fraction of sp³-hybridized carbons (Fsp3) is 0.455. The molecule has 1 atom stereocenters. The highest BCUT2D eigenvalue weighted by Gasteiger charge is 2.07. The van der Waals surface area contributed by atoms with Crippen LogP contribution in [0.1, 0.15) is 56.4 Å². The second-order valence-electron chi connectivity index (χ2n) is 5.13. The Hall–Kier alpha value is -2.20. The van der Waals surface area contributed by atoms with Crippen LogP contribution in [0.3, 0.4) is 0 Å². The van der Waals surface area contributed by atoms with Crippen molar-refractivity contribution in [3.8, 4) is 17.2 Å². The van der Waals surface area contributed by atoms with Gasteiger partial charge in [-0.2, -0.15) is 0 Å². The largest absolute Gasteiger partial charge is 0.493 e. The Morgan fingerprint density at radius 1 is 1.23 bits per heavy atom. The molecule has 0 amide bonds. The van der Waals surface area contributed by atoms with Gasteiger partial charge in [0, 0.05) is 8.22 Å². The van der Waals surface area contributed by atoms with E-state index in [9.17, 15) is 5.11 Å². The van der Waals surface area contributed by atoms with Crippen molar-refractivity contribution in [3.05, 3.63) is 53.0 Å². The summed E-state index contributed by atoms with van der Waals surface area (Å²) in [6.45, 7) is -0.876. The Morgan fingerprint density at radius 3 is 2.85 bits per heavy atom. The van der Waals surface area contributed by atoms with Gasteiger partial charge in [-0.3, -0.25) is 0 Å². The molecule has 4 heteroatoms. The SMILES string of the molecule is [2H]c1c([2H])c(OC([2H])([2H])C([2H])(O)C([2H])([2H])CC([2H])([2H])C([2H])([2H])c2ccc(OC([2H])([2H])[2H])c(OC)c2)c([2H])c(C)c1C. The fourth-order valence-corrected chi connectivity index (χ4v) is 1.83. The molecular formula is C22H30O4. The third-order valence-electron chi connectivity index (χ3n) is 3.33. The summed E-state index contributed by atoms with van der Waals surface area (Å²) in [5.41, 5.74) is -0.0744. The van der Waals surface area contributed by atoms with Gasteiger partial charge in [0.15, 0.2) is 11.5 Å². The summed E-state index contributed by atoms with van der Waals surface area (Å²) in [6, 6.07) is 1.23. The van der Waals surface area contributed by atoms with E-state index in [1.54, 1.807) is 0 Å². The predicted molar refractivity (Wildman–Crippen MR) is 105 cm³/mol. The zero-order valence-corrected chi connectivity index (χ0v) is 14.6. The molecule has 0 saturated heterocycles. The van der Waals surface area contributed by atoms with Crippen LogP contribution in [0.15, 0.2) is 36.3 Å². The number of methoxy groups -OCH3 is 2. The van der Waals surface area contributed by atoms with E-state index in [1.165, 1.54) is 13.8 Å². The predicted octanol–water partition coefficient (Wildman–Crippen LogP) is 4.47. The first-order valence-corrected chi connectivity index (χ1v) is 7.60. The fourth-order valence-electron chi connectivity index (χ4n) is 1.83. The third-order valence-corrected chi connectivity index (χ3v) is 3.33. The van der Waals surface area contributed by atoms with E-state index in [1.807, 2.05) is 0 Å². The van der Waals surface area contributed by atoms with Crippen molar-refractivity contribution in [2.75, 3.05) is 20.7 Å². The quantitative estimate of drug-likeness (QED) is 0.667. The first-order chi connectivity index (χ1) is 18.2. The second-order valence-corrected chi connectivity index (χ2v) is 5.13. The zero-order valence-electron chi connectivity index (χ0n) is 29.6. The molecule has 1 N–H and O–H groups in total. The number of rotatable bonds is 10. The minimum absolute atomic E-state index is 0.142. The van der Waals surface area contributed by atoms with Crippen LogP contribution in [0.25, 0.3) is 0 Å². The third kappa shape index (κ3) is 5.95. The minimum atomic E-state index is -3.93. The molecule has 0 aliphatic heterocycles. The summed E-state index contributed by atoms with van der Waals surface area (Å²) in [6.07, 6.45) is -15.4. The van der Waals surface area contributed by atoms with Crippen LogP contribution in [-0.2, 0) is 6.37 Å². The van der Waals surface area contributed by atoms with Gasteiger partial charge in [-0.15, -0.1) is 0 Å². The van der Waals surface area contributed by atoms with Gasteiger partial charge in [-0.1, -0.05) is 18.5 Å². The van der Waals surface area contributed by atoms with E-state index in [4.69, 9.17) is 34.8 Å². The van der Waals surface area contributed by atoms with E-state index in [2.05, 4.69) is 0 Å². The maximum atomic E-state index is 10.8. The lowest BCUT2D eigenvalue weighted by Crippen LogP contribution is -2.17. The average molecular weight is 374 g/mol. The summed E-state index contributed by atoms with van der Waals surface area (Å²) in [7, 11) is -1.75. The molecule has 0 heterocycles. The Labute approximate surface area is 177 Å². The molecule has 1 unspecified atom stereocenters. The lowest BCUT2D eigenvalue weighted by molar-refractivity contribution is 0.0976. The molecule has 0 spiro atoms. The van der Waals surface area contributed by atoms with Crippen molar-refractivity contribution in [1.82, 2.24) is 0 Å². The Morgan fingerprint density at radius 2 is 2.08 bits per heavy atom. The number of hydrogen-bond acceptors (Lipinski definition) is 4. The number of benzene rings is 2. The molecule has 0 aliphatic carbocycles. The molecule has 142 valence electrons. The summed E-state index contributed by atoms with van der Waals surface area (Å²) < 4.78 is 135. The molecule has 0 saturated carbocycles. The molecule has 26 heavy (non-hydrogen) atoms. The highest BCUT2D eigenvalue weighted by molar-refractivity contribution is 5.42. The van der Waals surface area contributed by atoms with Gasteiger partial charge in [-0.25, -0.2) is 0 Å². The zero-order chi connectivity index (χ0) is 32.1. The topological polar surface area (TPSA) is 47.9 Å². The lowest BCUT2D eigenvalue weighted by atomic mass is 10.0. The molecular weight excluding hydrogens is 328 g/mol. The van der Waals surface area contributed by atoms with Gasteiger partial charge in [0.1, 0.15) is 12.3 Å². The first-order valence-electron chi connectivity index (χ1n) is 15.1. The van der Waals surface area contributed by atoms with Crippen LogP contribution in [0, 0.1) is 13.8 Å². The Kier molecular flexibility index (Phi) is 3.03. The lowest BCUT2D eigenvalue weighted by Gasteiger charge is -2.13. The van der Waals surface area contributed by atoms with Gasteiger partial charge in [-0.05, 0) is 73.9 Å². The molecule has 0 fully saturated rings. The van der Waals surface area contributed by atoms with E-state index in [-0.39, 0.29) is 22.6 Å². The van der Waals surface area contributed by atoms with E-state index >= 15 is 0 Å². The maximum absolute atomic E-state index is 10.8. The molecule has 2 rings (SSSR count). The van der Waals surface area contributed by atoms with Crippen molar-refractivity contribution in [2.24, 2.45) is 0 Å². The van der Waals surface area contributed by atoms with Gasteiger partial charge < -0.3 is 19.3 Å². The van der Waals surface area contributed by atoms with E-state index < -0.39 is 74.7 Å². The molecule has 2 aromatic carbocycles. The molecule has 0 bridgehead atoms. The van der Waals surface area contributed by atoms with Crippen LogP contribution in [-0.4, -0.2) is 31.9 Å². The smallest absolute Gasteiger partial charge is 0.160 e. The summed E-state index contributed by atoms with van der Waals surface area (Å²) >= 11 is 0. The molecule has 0 radical (unpaired) electrons. The summed E-state index contributed by atoms with van der Waals surface area (Å²) in [4.78, 5) is 0. The normalized spacial score (nSPS) is 24.2. The second kappa shape index (κ2) is 10.1. The van der Waals surface area contributed by atoms with E-state index in [0.717, 1.165) is 25.3 Å². The van der Waals surface area contributed by atoms with Crippen molar-refractivity contribution in [1.29, 1.82) is 0 Å². The number of ether oxygens (including phenoxy) is 3. The van der Waals surface area contributed by atoms with Crippen molar-refractivity contribution in [3.63, 3.8) is 0 Å². The van der Waals surface area contributed by atoms with Crippen LogP contribution in [0.2, 0.25) is 0 Å². The molecule has 0 aliphatic rings. The van der Waals surface area contributed by atoms with Crippen molar-refractivity contribution < 1.29 is 39.9 Å². The standard InChI is InChI=1S/C22H30O4/c1-16-9-11-20(13-17(16)2)26-15-19(23)8-6-5-7-18-10-12-21(24-3)22(14-18)25-4/h9-14,19,23H,5-8,15H2,1-4H3/i3D3,5D2,7D2,8D2,9D,11D,13D,15D2,19D. The molecule has 2 aromatic rings. The van der Waals surface area contributed by atoms with Gasteiger partial charge >= 0.3 is 0 Å². The molecule has 4 nitrogen and oxygen atoms in total. The van der Waals surface area contributed by atoms with Gasteiger partial charge in [0.25, 0.3) is 0 Å². The van der Waals surface area contributed by atoms with Crippen molar-refractivity contribution >= 4 is 0 Å². The van der Waals surface area contributed by atoms with Crippen LogP contribution >= 0.6 is 0 Å². The number of hydrogen-bond donors (Lipinski definition) is 1. The van der Waals surface area contributed by atoms with Gasteiger partial charge in [0.2, 0.25) is 0 Å². The van der Waals surface area contributed by atoms with E-state index in [0.29, 0.717) is 0 Å². The summed E-state index contributed by atoms with van der Waals surface area (Å²) in [5, 5.41) is 10.8.